The number of carbonyl (C=O) groups is 2. The highest BCUT2D eigenvalue weighted by Gasteiger charge is 2.33. The highest BCUT2D eigenvalue weighted by atomic mass is 32.2. The van der Waals surface area contributed by atoms with Crippen LogP contribution in [0.2, 0.25) is 0 Å². The smallest absolute Gasteiger partial charge is 0.404 e. The van der Waals surface area contributed by atoms with Crippen LogP contribution in [0.3, 0.4) is 0 Å². The van der Waals surface area contributed by atoms with Crippen molar-refractivity contribution in [1.29, 1.82) is 10.5 Å². The second kappa shape index (κ2) is 10.9. The SMILES string of the molecule is CCc1c(C#N)c(SC(C(N)=O)c2ccccc2)nc(N2CC[C@@H](NC(=O)O)[C@@H](O)C2)c1C#N. The fourth-order valence-electron chi connectivity index (χ4n) is 3.98. The minimum atomic E-state index is -1.22. The first-order valence-electron chi connectivity index (χ1n) is 10.6. The summed E-state index contributed by atoms with van der Waals surface area (Å²) in [4.78, 5) is 29.6. The fraction of sp³-hybridized carbons (Fsp3) is 0.348. The molecule has 2 amide bonds. The number of pyridine rings is 1. The zero-order valence-electron chi connectivity index (χ0n) is 18.4. The highest BCUT2D eigenvalue weighted by Crippen LogP contribution is 2.39. The van der Waals surface area contributed by atoms with E-state index in [1.807, 2.05) is 13.0 Å². The summed E-state index contributed by atoms with van der Waals surface area (Å²) in [6, 6.07) is 12.5. The van der Waals surface area contributed by atoms with Gasteiger partial charge in [0.05, 0.1) is 23.3 Å². The molecule has 2 heterocycles. The molecular formula is C23H24N6O4S. The van der Waals surface area contributed by atoms with Gasteiger partial charge in [0.1, 0.15) is 28.2 Å². The maximum absolute atomic E-state index is 12.3. The minimum Gasteiger partial charge on any atom is -0.465 e. The zero-order chi connectivity index (χ0) is 24.8. The molecule has 0 saturated carbocycles. The first-order chi connectivity index (χ1) is 16.3. The molecule has 0 spiro atoms. The Bertz CT molecular complexity index is 1160. The van der Waals surface area contributed by atoms with Crippen LogP contribution in [0.4, 0.5) is 10.6 Å². The Morgan fingerprint density at radius 1 is 1.29 bits per heavy atom. The third kappa shape index (κ3) is 5.22. The Labute approximate surface area is 201 Å². The molecule has 0 radical (unpaired) electrons. The molecule has 34 heavy (non-hydrogen) atoms. The lowest BCUT2D eigenvalue weighted by molar-refractivity contribution is -0.117. The number of carboxylic acid groups (broad SMARTS) is 1. The average Bonchev–Trinajstić information content (AvgIpc) is 2.82. The summed E-state index contributed by atoms with van der Waals surface area (Å²) >= 11 is 1.04. The number of aromatic nitrogens is 1. The van der Waals surface area contributed by atoms with Crippen LogP contribution in [-0.4, -0.2) is 52.4 Å². The molecule has 5 N–H and O–H groups in total. The van der Waals surface area contributed by atoms with Gasteiger partial charge in [-0.1, -0.05) is 49.0 Å². The number of nitriles is 2. The summed E-state index contributed by atoms with van der Waals surface area (Å²) < 4.78 is 0. The van der Waals surface area contributed by atoms with Crippen LogP contribution in [0.15, 0.2) is 35.4 Å². The molecule has 1 aliphatic heterocycles. The lowest BCUT2D eigenvalue weighted by atomic mass is 9.98. The number of hydrogen-bond donors (Lipinski definition) is 4. The molecule has 3 rings (SSSR count). The van der Waals surface area contributed by atoms with Crippen molar-refractivity contribution < 1.29 is 19.8 Å². The number of nitrogens with two attached hydrogens (primary N) is 1. The molecule has 176 valence electrons. The maximum atomic E-state index is 12.3. The van der Waals surface area contributed by atoms with Crippen molar-refractivity contribution in [3.05, 3.63) is 52.6 Å². The van der Waals surface area contributed by atoms with Crippen molar-refractivity contribution in [3.63, 3.8) is 0 Å². The standard InChI is InChI=1S/C23H24N6O4S/c1-2-14-15(10-24)21(29-9-8-17(18(30)12-29)27-23(32)33)28-22(16(14)11-25)34-19(20(26)31)13-6-4-3-5-7-13/h3-7,17-19,27,30H,2,8-9,12H2,1H3,(H2,26,31)(H,32,33)/t17-,18+,19?/m1/s1. The normalized spacial score (nSPS) is 18.4. The van der Waals surface area contributed by atoms with Crippen LogP contribution in [0.1, 0.15) is 40.8 Å². The molecule has 3 atom stereocenters. The first kappa shape index (κ1) is 24.8. The molecule has 11 heteroatoms. The van der Waals surface area contributed by atoms with E-state index in [9.17, 15) is 25.2 Å². The van der Waals surface area contributed by atoms with Gasteiger partial charge in [-0.15, -0.1) is 0 Å². The number of nitrogens with one attached hydrogen (secondary N) is 1. The largest absolute Gasteiger partial charge is 0.465 e. The number of piperidine rings is 1. The predicted molar refractivity (Wildman–Crippen MR) is 125 cm³/mol. The Hall–Kier alpha value is -3.80. The number of nitrogens with zero attached hydrogens (tertiary/aromatic N) is 4. The van der Waals surface area contributed by atoms with Gasteiger partial charge in [-0.05, 0) is 24.0 Å². The highest BCUT2D eigenvalue weighted by molar-refractivity contribution is 8.00. The number of β-amino-alcohol motifs (C(OH)–C–C–N with tert-alkyl or cyclic N) is 1. The number of hydrogen-bond acceptors (Lipinski definition) is 8. The van der Waals surface area contributed by atoms with Crippen LogP contribution in [-0.2, 0) is 11.2 Å². The third-order valence-electron chi connectivity index (χ3n) is 5.61. The zero-order valence-corrected chi connectivity index (χ0v) is 19.2. The lowest BCUT2D eigenvalue weighted by Gasteiger charge is -2.37. The summed E-state index contributed by atoms with van der Waals surface area (Å²) in [6.45, 7) is 2.19. The van der Waals surface area contributed by atoms with Crippen LogP contribution < -0.4 is 16.0 Å². The van der Waals surface area contributed by atoms with Crippen LogP contribution in [0, 0.1) is 22.7 Å². The number of amides is 2. The quantitative estimate of drug-likeness (QED) is 0.431. The second-order valence-corrected chi connectivity index (χ2v) is 8.81. The van der Waals surface area contributed by atoms with Crippen LogP contribution >= 0.6 is 11.8 Å². The molecule has 10 nitrogen and oxygen atoms in total. The number of anilines is 1. The van der Waals surface area contributed by atoms with Crippen LogP contribution in [0.25, 0.3) is 0 Å². The van der Waals surface area contributed by atoms with Gasteiger partial charge < -0.3 is 26.2 Å². The molecule has 2 aromatic rings. The topological polar surface area (TPSA) is 176 Å². The lowest BCUT2D eigenvalue weighted by Crippen LogP contribution is -2.54. The number of thioether (sulfide) groups is 1. The van der Waals surface area contributed by atoms with Gasteiger partial charge in [0.15, 0.2) is 0 Å². The van der Waals surface area contributed by atoms with Gasteiger partial charge in [0.25, 0.3) is 0 Å². The van der Waals surface area contributed by atoms with Crippen molar-refractivity contribution in [2.24, 2.45) is 5.73 Å². The number of benzene rings is 1. The predicted octanol–water partition coefficient (Wildman–Crippen LogP) is 1.91. The first-order valence-corrected chi connectivity index (χ1v) is 11.5. The van der Waals surface area contributed by atoms with Crippen molar-refractivity contribution >= 4 is 29.6 Å². The van der Waals surface area contributed by atoms with E-state index in [-0.39, 0.29) is 28.5 Å². The molecule has 1 fully saturated rings. The van der Waals surface area contributed by atoms with E-state index in [0.29, 0.717) is 30.5 Å². The average molecular weight is 481 g/mol. The maximum Gasteiger partial charge on any atom is 0.404 e. The Kier molecular flexibility index (Phi) is 7.95. The molecule has 0 aliphatic carbocycles. The summed E-state index contributed by atoms with van der Waals surface area (Å²) in [5.41, 5.74) is 7.24. The second-order valence-electron chi connectivity index (χ2n) is 7.72. The van der Waals surface area contributed by atoms with Gasteiger partial charge >= 0.3 is 6.09 Å². The van der Waals surface area contributed by atoms with E-state index in [0.717, 1.165) is 11.8 Å². The summed E-state index contributed by atoms with van der Waals surface area (Å²) in [6.07, 6.45) is -1.56. The summed E-state index contributed by atoms with van der Waals surface area (Å²) in [5, 5.41) is 41.0. The Balaban J connectivity index is 2.06. The molecule has 0 bridgehead atoms. The molecule has 1 aromatic heterocycles. The number of rotatable bonds is 7. The van der Waals surface area contributed by atoms with E-state index in [1.54, 1.807) is 29.2 Å². The molecule has 1 saturated heterocycles. The van der Waals surface area contributed by atoms with Crippen molar-refractivity contribution in [2.45, 2.75) is 42.2 Å². The Morgan fingerprint density at radius 3 is 2.50 bits per heavy atom. The number of primary amides is 1. The van der Waals surface area contributed by atoms with E-state index in [1.165, 1.54) is 0 Å². The molecule has 1 aliphatic rings. The summed E-state index contributed by atoms with van der Waals surface area (Å²) in [5.74, 6) is -0.313. The van der Waals surface area contributed by atoms with Gasteiger partial charge in [0.2, 0.25) is 5.91 Å². The minimum absolute atomic E-state index is 0.0454. The van der Waals surface area contributed by atoms with Gasteiger partial charge in [0, 0.05) is 13.1 Å². The van der Waals surface area contributed by atoms with Crippen molar-refractivity contribution in [2.75, 3.05) is 18.0 Å². The monoisotopic (exact) mass is 480 g/mol. The van der Waals surface area contributed by atoms with Gasteiger partial charge in [-0.25, -0.2) is 9.78 Å². The van der Waals surface area contributed by atoms with Gasteiger partial charge in [-0.3, -0.25) is 4.79 Å². The number of aliphatic hydroxyl groups excluding tert-OH is 1. The van der Waals surface area contributed by atoms with E-state index in [4.69, 9.17) is 10.8 Å². The fourth-order valence-corrected chi connectivity index (χ4v) is 5.04. The third-order valence-corrected chi connectivity index (χ3v) is 6.87. The van der Waals surface area contributed by atoms with Crippen molar-refractivity contribution in [1.82, 2.24) is 10.3 Å². The van der Waals surface area contributed by atoms with Crippen molar-refractivity contribution in [3.8, 4) is 12.1 Å². The van der Waals surface area contributed by atoms with E-state index in [2.05, 4.69) is 22.4 Å². The molecular weight excluding hydrogens is 456 g/mol. The van der Waals surface area contributed by atoms with E-state index < -0.39 is 29.4 Å². The molecule has 1 aromatic carbocycles. The summed E-state index contributed by atoms with van der Waals surface area (Å²) in [7, 11) is 0. The van der Waals surface area contributed by atoms with Crippen LogP contribution in [0.5, 0.6) is 0 Å². The Morgan fingerprint density at radius 2 is 1.97 bits per heavy atom. The number of aliphatic hydroxyl groups is 1. The van der Waals surface area contributed by atoms with E-state index >= 15 is 0 Å². The number of carbonyl (C=O) groups excluding carboxylic acids is 1. The van der Waals surface area contributed by atoms with Gasteiger partial charge in [-0.2, -0.15) is 10.5 Å². The molecule has 1 unspecified atom stereocenters.